The van der Waals surface area contributed by atoms with Gasteiger partial charge >= 0.3 is 5.97 Å². The van der Waals surface area contributed by atoms with Crippen molar-refractivity contribution in [1.29, 1.82) is 0 Å². The van der Waals surface area contributed by atoms with Crippen LogP contribution in [0.4, 0.5) is 5.69 Å². The quantitative estimate of drug-likeness (QED) is 0.605. The molecular formula is C17H16N2O6S. The minimum absolute atomic E-state index is 0.0470. The maximum Gasteiger partial charge on any atom is 0.341 e. The Balaban J connectivity index is 1.70. The van der Waals surface area contributed by atoms with Crippen LogP contribution < -0.4 is 5.32 Å². The first-order valence-electron chi connectivity index (χ1n) is 7.64. The molecule has 3 rings (SSSR count). The number of anilines is 1. The van der Waals surface area contributed by atoms with Gasteiger partial charge in [-0.3, -0.25) is 4.79 Å². The van der Waals surface area contributed by atoms with Crippen LogP contribution in [0.25, 0.3) is 11.1 Å². The number of aromatic carboxylic acids is 1. The second kappa shape index (κ2) is 6.68. The Morgan fingerprint density at radius 2 is 1.92 bits per heavy atom. The number of aromatic amines is 1. The number of sulfone groups is 1. The van der Waals surface area contributed by atoms with E-state index < -0.39 is 21.7 Å². The van der Waals surface area contributed by atoms with Crippen molar-refractivity contribution in [3.8, 4) is 0 Å². The highest BCUT2D eigenvalue weighted by Crippen LogP contribution is 2.22. The molecule has 8 nitrogen and oxygen atoms in total. The highest BCUT2D eigenvalue weighted by Gasteiger charge is 2.18. The molecular weight excluding hydrogens is 360 g/mol. The Morgan fingerprint density at radius 3 is 2.54 bits per heavy atom. The lowest BCUT2D eigenvalue weighted by atomic mass is 10.1. The summed E-state index contributed by atoms with van der Waals surface area (Å²) < 4.78 is 27.5. The first kappa shape index (κ1) is 17.7. The number of benzene rings is 1. The fourth-order valence-electron chi connectivity index (χ4n) is 2.45. The van der Waals surface area contributed by atoms with E-state index in [9.17, 15) is 18.0 Å². The Labute approximate surface area is 148 Å². The van der Waals surface area contributed by atoms with Gasteiger partial charge in [0.05, 0.1) is 11.3 Å². The summed E-state index contributed by atoms with van der Waals surface area (Å²) in [6, 6.07) is 8.25. The number of carbonyl (C=O) groups is 2. The zero-order chi connectivity index (χ0) is 18.9. The first-order valence-corrected chi connectivity index (χ1v) is 9.70. The number of carboxylic acid groups (broad SMARTS) is 1. The third-order valence-corrected chi connectivity index (χ3v) is 4.75. The van der Waals surface area contributed by atoms with Crippen LogP contribution in [0, 0.1) is 0 Å². The van der Waals surface area contributed by atoms with Crippen LogP contribution in [0.5, 0.6) is 0 Å². The van der Waals surface area contributed by atoms with Crippen molar-refractivity contribution in [3.05, 3.63) is 53.4 Å². The molecule has 2 heterocycles. The second-order valence-corrected chi connectivity index (χ2v) is 8.17. The van der Waals surface area contributed by atoms with Crippen molar-refractivity contribution in [2.75, 3.05) is 17.3 Å². The summed E-state index contributed by atoms with van der Waals surface area (Å²) in [5, 5.41) is 11.7. The zero-order valence-electron chi connectivity index (χ0n) is 13.8. The summed E-state index contributed by atoms with van der Waals surface area (Å²) in [4.78, 5) is 26.1. The number of furan rings is 1. The van der Waals surface area contributed by atoms with Crippen molar-refractivity contribution in [2.24, 2.45) is 0 Å². The standard InChI is InChI=1S/C17H16N2O6S/c1-26(23,24)7-6-10-2-4-11(5-3-10)18-16(20)13-8-14-15(19-13)12(9-25-14)17(21)22/h2-5,8-9,19H,6-7H2,1H3,(H,18,20)(H,21,22). The fraction of sp³-hybridized carbons (Fsp3) is 0.176. The average Bonchev–Trinajstić information content (AvgIpc) is 3.13. The van der Waals surface area contributed by atoms with Gasteiger partial charge in [0.15, 0.2) is 5.58 Å². The smallest absolute Gasteiger partial charge is 0.341 e. The number of fused-ring (bicyclic) bond motifs is 1. The number of aromatic nitrogens is 1. The number of H-pyrrole nitrogens is 1. The van der Waals surface area contributed by atoms with E-state index in [1.54, 1.807) is 24.3 Å². The van der Waals surface area contributed by atoms with Crippen molar-refractivity contribution < 1.29 is 27.5 Å². The number of rotatable bonds is 6. The van der Waals surface area contributed by atoms with E-state index in [0.717, 1.165) is 11.8 Å². The molecule has 0 unspecified atom stereocenters. The van der Waals surface area contributed by atoms with Crippen LogP contribution in [-0.2, 0) is 16.3 Å². The lowest BCUT2D eigenvalue weighted by molar-refractivity contribution is 0.0697. The van der Waals surface area contributed by atoms with Gasteiger partial charge in [0.1, 0.15) is 27.4 Å². The second-order valence-electron chi connectivity index (χ2n) is 5.91. The summed E-state index contributed by atoms with van der Waals surface area (Å²) in [7, 11) is -3.03. The van der Waals surface area contributed by atoms with Gasteiger partial charge in [-0.2, -0.15) is 0 Å². The number of carbonyl (C=O) groups excluding carboxylic acids is 1. The van der Waals surface area contributed by atoms with Crippen molar-refractivity contribution >= 4 is 38.5 Å². The van der Waals surface area contributed by atoms with Crippen molar-refractivity contribution in [3.63, 3.8) is 0 Å². The molecule has 1 amide bonds. The Bertz CT molecular complexity index is 1080. The minimum atomic E-state index is -3.03. The molecule has 3 aromatic rings. The van der Waals surface area contributed by atoms with E-state index in [2.05, 4.69) is 10.3 Å². The zero-order valence-corrected chi connectivity index (χ0v) is 14.6. The number of hydrogen-bond donors (Lipinski definition) is 3. The lowest BCUT2D eigenvalue weighted by Crippen LogP contribution is -2.12. The van der Waals surface area contributed by atoms with Gasteiger partial charge in [-0.15, -0.1) is 0 Å². The van der Waals surface area contributed by atoms with Crippen LogP contribution in [-0.4, -0.2) is 42.4 Å². The molecule has 26 heavy (non-hydrogen) atoms. The molecule has 1 aromatic carbocycles. The maximum atomic E-state index is 12.3. The SMILES string of the molecule is CS(=O)(=O)CCc1ccc(NC(=O)c2cc3occ(C(=O)O)c3[nH]2)cc1. The molecule has 0 aliphatic rings. The molecule has 0 spiro atoms. The average molecular weight is 376 g/mol. The fourth-order valence-corrected chi connectivity index (χ4v) is 3.05. The Morgan fingerprint density at radius 1 is 1.23 bits per heavy atom. The minimum Gasteiger partial charge on any atom is -0.477 e. The molecule has 0 aliphatic heterocycles. The number of amides is 1. The van der Waals surface area contributed by atoms with E-state index in [1.807, 2.05) is 0 Å². The summed E-state index contributed by atoms with van der Waals surface area (Å²) in [5.41, 5.74) is 2.03. The van der Waals surface area contributed by atoms with Crippen LogP contribution in [0.3, 0.4) is 0 Å². The highest BCUT2D eigenvalue weighted by molar-refractivity contribution is 7.90. The number of nitrogens with one attached hydrogen (secondary N) is 2. The molecule has 0 saturated heterocycles. The molecule has 136 valence electrons. The van der Waals surface area contributed by atoms with Gasteiger partial charge < -0.3 is 19.8 Å². The summed E-state index contributed by atoms with van der Waals surface area (Å²) in [5.74, 6) is -1.54. The van der Waals surface area contributed by atoms with Gasteiger partial charge in [-0.1, -0.05) is 12.1 Å². The van der Waals surface area contributed by atoms with E-state index in [1.165, 1.54) is 12.3 Å². The maximum absolute atomic E-state index is 12.3. The largest absolute Gasteiger partial charge is 0.477 e. The Hall–Kier alpha value is -3.07. The Kier molecular flexibility index (Phi) is 4.56. The molecule has 9 heteroatoms. The molecule has 0 aliphatic carbocycles. The van der Waals surface area contributed by atoms with Gasteiger partial charge in [-0.25, -0.2) is 13.2 Å². The van der Waals surface area contributed by atoms with Crippen LogP contribution in [0.1, 0.15) is 26.4 Å². The van der Waals surface area contributed by atoms with Crippen LogP contribution in [0.2, 0.25) is 0 Å². The van der Waals surface area contributed by atoms with E-state index in [-0.39, 0.29) is 28.1 Å². The molecule has 0 radical (unpaired) electrons. The molecule has 0 saturated carbocycles. The van der Waals surface area contributed by atoms with Crippen LogP contribution in [0.15, 0.2) is 41.0 Å². The number of carboxylic acids is 1. The van der Waals surface area contributed by atoms with Crippen LogP contribution >= 0.6 is 0 Å². The highest BCUT2D eigenvalue weighted by atomic mass is 32.2. The van der Waals surface area contributed by atoms with Gasteiger partial charge in [-0.05, 0) is 24.1 Å². The van der Waals surface area contributed by atoms with Crippen molar-refractivity contribution in [2.45, 2.75) is 6.42 Å². The summed E-state index contributed by atoms with van der Waals surface area (Å²) in [6.07, 6.45) is 2.70. The summed E-state index contributed by atoms with van der Waals surface area (Å²) >= 11 is 0. The first-order chi connectivity index (χ1) is 12.2. The normalized spacial score (nSPS) is 11.6. The lowest BCUT2D eigenvalue weighted by Gasteiger charge is -2.05. The predicted octanol–water partition coefficient (Wildman–Crippen LogP) is 2.30. The summed E-state index contributed by atoms with van der Waals surface area (Å²) in [6.45, 7) is 0. The van der Waals surface area contributed by atoms with Crippen molar-refractivity contribution in [1.82, 2.24) is 4.98 Å². The molecule has 3 N–H and O–H groups in total. The van der Waals surface area contributed by atoms with Gasteiger partial charge in [0.2, 0.25) is 0 Å². The molecule has 0 bridgehead atoms. The van der Waals surface area contributed by atoms with Gasteiger partial charge in [0.25, 0.3) is 5.91 Å². The monoisotopic (exact) mass is 376 g/mol. The third-order valence-electron chi connectivity index (χ3n) is 3.80. The topological polar surface area (TPSA) is 129 Å². The molecule has 0 atom stereocenters. The molecule has 2 aromatic heterocycles. The number of aryl methyl sites for hydroxylation is 1. The van der Waals surface area contributed by atoms with E-state index >= 15 is 0 Å². The number of hydrogen-bond acceptors (Lipinski definition) is 5. The van der Waals surface area contributed by atoms with E-state index in [0.29, 0.717) is 12.1 Å². The third kappa shape index (κ3) is 3.94. The van der Waals surface area contributed by atoms with E-state index in [4.69, 9.17) is 9.52 Å². The predicted molar refractivity (Wildman–Crippen MR) is 95.3 cm³/mol. The molecule has 0 fully saturated rings. The van der Waals surface area contributed by atoms with Gasteiger partial charge in [0, 0.05) is 18.0 Å².